The van der Waals surface area contributed by atoms with Crippen molar-refractivity contribution in [3.8, 4) is 0 Å². The van der Waals surface area contributed by atoms with Crippen LogP contribution in [0.5, 0.6) is 0 Å². The van der Waals surface area contributed by atoms with Gasteiger partial charge in [0.05, 0.1) is 6.10 Å². The highest BCUT2D eigenvalue weighted by atomic mass is 16.3. The molecule has 0 bridgehead atoms. The maximum atomic E-state index is 9.99. The third kappa shape index (κ3) is 4.34. The number of allylic oxidation sites excluding steroid dienone is 3. The molecule has 0 amide bonds. The summed E-state index contributed by atoms with van der Waals surface area (Å²) in [5.74, 6) is 0. The van der Waals surface area contributed by atoms with Gasteiger partial charge in [0.1, 0.15) is 0 Å². The number of rotatable bonds is 6. The molecule has 0 saturated heterocycles. The molecule has 0 aromatic rings. The molecule has 0 rings (SSSR count). The third-order valence-corrected chi connectivity index (χ3v) is 2.63. The predicted molar refractivity (Wildman–Crippen MR) is 66.3 cm³/mol. The van der Waals surface area contributed by atoms with Crippen LogP contribution in [-0.4, -0.2) is 11.2 Å². The highest BCUT2D eigenvalue weighted by Crippen LogP contribution is 2.29. The minimum Gasteiger partial charge on any atom is -0.402 e. The van der Waals surface area contributed by atoms with Gasteiger partial charge in [-0.1, -0.05) is 51.7 Å². The Hall–Kier alpha value is -1.02. The predicted octanol–water partition coefficient (Wildman–Crippen LogP) is 2.76. The van der Waals surface area contributed by atoms with Crippen molar-refractivity contribution in [1.82, 2.24) is 0 Å². The van der Waals surface area contributed by atoms with E-state index in [4.69, 9.17) is 5.73 Å². The Balaban J connectivity index is 4.50. The minimum absolute atomic E-state index is 0.373. The maximum absolute atomic E-state index is 9.99. The number of aliphatic hydroxyl groups is 1. The molecule has 1 atom stereocenters. The van der Waals surface area contributed by atoms with Gasteiger partial charge in [-0.2, -0.15) is 0 Å². The average Bonchev–Trinajstić information content (AvgIpc) is 2.18. The molecule has 0 spiro atoms. The summed E-state index contributed by atoms with van der Waals surface area (Å²) in [4.78, 5) is 0. The van der Waals surface area contributed by atoms with Crippen LogP contribution in [-0.2, 0) is 0 Å². The lowest BCUT2D eigenvalue weighted by molar-refractivity contribution is 0.0761. The van der Waals surface area contributed by atoms with Crippen LogP contribution in [0.25, 0.3) is 0 Å². The van der Waals surface area contributed by atoms with Crippen molar-refractivity contribution >= 4 is 0 Å². The second-order valence-electron chi connectivity index (χ2n) is 4.20. The van der Waals surface area contributed by atoms with Crippen molar-refractivity contribution in [2.24, 2.45) is 11.1 Å². The average molecular weight is 209 g/mol. The molecule has 2 nitrogen and oxygen atoms in total. The van der Waals surface area contributed by atoms with E-state index < -0.39 is 6.10 Å². The minimum atomic E-state index is -0.462. The largest absolute Gasteiger partial charge is 0.402 e. The molecule has 1 unspecified atom stereocenters. The molecule has 0 aromatic heterocycles. The van der Waals surface area contributed by atoms with Crippen molar-refractivity contribution in [2.75, 3.05) is 0 Å². The molecular formula is C13H23NO. The van der Waals surface area contributed by atoms with Gasteiger partial charge in [0.2, 0.25) is 0 Å². The molecule has 86 valence electrons. The summed E-state index contributed by atoms with van der Waals surface area (Å²) in [5.41, 5.74) is 6.30. The first-order valence-corrected chi connectivity index (χ1v) is 5.38. The van der Waals surface area contributed by atoms with E-state index >= 15 is 0 Å². The summed E-state index contributed by atoms with van der Waals surface area (Å²) in [6, 6.07) is 0. The summed E-state index contributed by atoms with van der Waals surface area (Å²) in [5, 5.41) is 9.99. The molecule has 0 fully saturated rings. The van der Waals surface area contributed by atoms with Gasteiger partial charge >= 0.3 is 0 Å². The van der Waals surface area contributed by atoms with E-state index in [1.807, 2.05) is 39.0 Å². The van der Waals surface area contributed by atoms with Gasteiger partial charge in [-0.25, -0.2) is 0 Å². The van der Waals surface area contributed by atoms with Crippen LogP contribution in [0, 0.1) is 5.41 Å². The van der Waals surface area contributed by atoms with E-state index in [1.165, 1.54) is 0 Å². The maximum Gasteiger partial charge on any atom is 0.0679 e. The smallest absolute Gasteiger partial charge is 0.0679 e. The van der Waals surface area contributed by atoms with Crippen molar-refractivity contribution in [3.63, 3.8) is 0 Å². The van der Waals surface area contributed by atoms with Crippen LogP contribution in [0.2, 0.25) is 0 Å². The first-order valence-electron chi connectivity index (χ1n) is 5.38. The van der Waals surface area contributed by atoms with Gasteiger partial charge in [-0.15, -0.1) is 0 Å². The number of hydrogen-bond donors (Lipinski definition) is 2. The monoisotopic (exact) mass is 209 g/mol. The van der Waals surface area contributed by atoms with Crippen LogP contribution < -0.4 is 5.73 Å². The number of nitrogens with two attached hydrogens (primary N) is 1. The molecule has 0 aliphatic carbocycles. The molecule has 0 aliphatic rings. The van der Waals surface area contributed by atoms with Crippen molar-refractivity contribution in [1.29, 1.82) is 0 Å². The van der Waals surface area contributed by atoms with Crippen molar-refractivity contribution in [3.05, 3.63) is 36.6 Å². The van der Waals surface area contributed by atoms with E-state index in [0.29, 0.717) is 6.42 Å². The lowest BCUT2D eigenvalue weighted by Crippen LogP contribution is -2.34. The van der Waals surface area contributed by atoms with E-state index in [-0.39, 0.29) is 5.41 Å². The fraction of sp³-hybridized carbons (Fsp3) is 0.538. The van der Waals surface area contributed by atoms with Gasteiger partial charge in [-0.3, -0.25) is 0 Å². The Morgan fingerprint density at radius 3 is 2.60 bits per heavy atom. The Morgan fingerprint density at radius 2 is 2.13 bits per heavy atom. The summed E-state index contributed by atoms with van der Waals surface area (Å²) in [7, 11) is 0. The zero-order valence-corrected chi connectivity index (χ0v) is 10.0. The lowest BCUT2D eigenvalue weighted by Gasteiger charge is -2.30. The fourth-order valence-corrected chi connectivity index (χ4v) is 1.27. The molecule has 3 N–H and O–H groups in total. The topological polar surface area (TPSA) is 46.2 Å². The molecule has 0 radical (unpaired) electrons. The number of hydrogen-bond acceptors (Lipinski definition) is 2. The van der Waals surface area contributed by atoms with E-state index in [9.17, 15) is 5.11 Å². The zero-order valence-electron chi connectivity index (χ0n) is 10.0. The Kier molecular flexibility index (Phi) is 6.02. The molecule has 2 heteroatoms. The molecule has 0 saturated carbocycles. The second-order valence-corrected chi connectivity index (χ2v) is 4.20. The van der Waals surface area contributed by atoms with Crippen molar-refractivity contribution in [2.45, 2.75) is 39.7 Å². The lowest BCUT2D eigenvalue weighted by atomic mass is 9.81. The van der Waals surface area contributed by atoms with Crippen LogP contribution in [0.15, 0.2) is 36.6 Å². The first-order chi connectivity index (χ1) is 6.96. The van der Waals surface area contributed by atoms with Gasteiger partial charge in [0, 0.05) is 11.1 Å². The standard InChI is InChI=1S/C13H23NO/c1-5-7-8-10-12(15)13(3,4)11(14)9-6-2/h5,7-9,12,15H,1,6,10,14H2,2-4H3/b8-7-,11-9+. The van der Waals surface area contributed by atoms with E-state index in [2.05, 4.69) is 6.58 Å². The SMILES string of the molecule is C=C/C=C\CC(O)C(C)(C)/C(N)=C\CC. The van der Waals surface area contributed by atoms with Gasteiger partial charge < -0.3 is 10.8 Å². The molecule has 0 heterocycles. The van der Waals surface area contributed by atoms with E-state index in [1.54, 1.807) is 6.08 Å². The highest BCUT2D eigenvalue weighted by Gasteiger charge is 2.29. The Morgan fingerprint density at radius 1 is 1.53 bits per heavy atom. The third-order valence-electron chi connectivity index (χ3n) is 2.63. The van der Waals surface area contributed by atoms with Gasteiger partial charge in [0.25, 0.3) is 0 Å². The number of aliphatic hydroxyl groups excluding tert-OH is 1. The van der Waals surface area contributed by atoms with Crippen LogP contribution in [0.3, 0.4) is 0 Å². The Bertz CT molecular complexity index is 251. The molecular weight excluding hydrogens is 186 g/mol. The second kappa shape index (κ2) is 6.46. The van der Waals surface area contributed by atoms with E-state index in [0.717, 1.165) is 12.1 Å². The normalized spacial score (nSPS) is 15.6. The van der Waals surface area contributed by atoms with Crippen LogP contribution >= 0.6 is 0 Å². The van der Waals surface area contributed by atoms with Gasteiger partial charge in [0.15, 0.2) is 0 Å². The zero-order chi connectivity index (χ0) is 11.9. The fourth-order valence-electron chi connectivity index (χ4n) is 1.27. The van der Waals surface area contributed by atoms with Crippen LogP contribution in [0.4, 0.5) is 0 Å². The van der Waals surface area contributed by atoms with Gasteiger partial charge in [-0.05, 0) is 12.8 Å². The highest BCUT2D eigenvalue weighted by molar-refractivity contribution is 5.11. The quantitative estimate of drug-likeness (QED) is 0.661. The molecule has 15 heavy (non-hydrogen) atoms. The molecule has 0 aromatic carbocycles. The van der Waals surface area contributed by atoms with Crippen molar-refractivity contribution < 1.29 is 5.11 Å². The van der Waals surface area contributed by atoms with Crippen LogP contribution in [0.1, 0.15) is 33.6 Å². The summed E-state index contributed by atoms with van der Waals surface area (Å²) in [6.07, 6.45) is 8.42. The summed E-state index contributed by atoms with van der Waals surface area (Å²) in [6.45, 7) is 9.53. The molecule has 0 aliphatic heterocycles. The summed E-state index contributed by atoms with van der Waals surface area (Å²) < 4.78 is 0. The first kappa shape index (κ1) is 14.0. The summed E-state index contributed by atoms with van der Waals surface area (Å²) >= 11 is 0. The Labute approximate surface area is 93.2 Å².